The van der Waals surface area contributed by atoms with E-state index >= 15 is 0 Å². The number of fused-ring (bicyclic) bond motifs is 1. The number of hydrogen-bond acceptors (Lipinski definition) is 3. The van der Waals surface area contributed by atoms with Crippen molar-refractivity contribution in [3.63, 3.8) is 0 Å². The molecule has 2 aromatic rings. The normalized spacial score (nSPS) is 12.3. The average molecular weight is 234 g/mol. The summed E-state index contributed by atoms with van der Waals surface area (Å²) in [7, 11) is 0. The van der Waals surface area contributed by atoms with Gasteiger partial charge in [0.1, 0.15) is 5.69 Å². The molecule has 2 rings (SSSR count). The molecular formula is C8H5F3N2OS. The van der Waals surface area contributed by atoms with E-state index in [1.165, 1.54) is 6.20 Å². The largest absolute Gasteiger partial charge is 0.435 e. The fourth-order valence-corrected chi connectivity index (χ4v) is 2.13. The first-order valence-electron chi connectivity index (χ1n) is 3.94. The molecule has 0 radical (unpaired) electrons. The second-order valence-electron chi connectivity index (χ2n) is 2.96. The van der Waals surface area contributed by atoms with Crippen LogP contribution in [0.2, 0.25) is 0 Å². The third-order valence-electron chi connectivity index (χ3n) is 1.86. The summed E-state index contributed by atoms with van der Waals surface area (Å²) >= 11 is 1.11. The van der Waals surface area contributed by atoms with Gasteiger partial charge in [-0.1, -0.05) is 0 Å². The molecule has 0 N–H and O–H groups in total. The molecule has 0 saturated carbocycles. The number of aromatic nitrogens is 2. The predicted molar refractivity (Wildman–Crippen MR) is 48.2 cm³/mol. The Hall–Kier alpha value is -1.37. The lowest BCUT2D eigenvalue weighted by atomic mass is 10.3. The quantitative estimate of drug-likeness (QED) is 0.710. The molecule has 0 amide bonds. The highest BCUT2D eigenvalue weighted by Crippen LogP contribution is 2.32. The van der Waals surface area contributed by atoms with Gasteiger partial charge in [0.25, 0.3) is 0 Å². The van der Waals surface area contributed by atoms with Crippen LogP contribution in [0.25, 0.3) is 4.96 Å². The van der Waals surface area contributed by atoms with Crippen LogP contribution < -0.4 is 0 Å². The van der Waals surface area contributed by atoms with Crippen molar-refractivity contribution < 1.29 is 18.0 Å². The summed E-state index contributed by atoms with van der Waals surface area (Å²) in [6.07, 6.45) is -2.95. The third-order valence-corrected chi connectivity index (χ3v) is 2.76. The molecule has 15 heavy (non-hydrogen) atoms. The predicted octanol–water partition coefficient (Wildman–Crippen LogP) is 2.54. The van der Waals surface area contributed by atoms with Crippen LogP contribution in [0, 0.1) is 6.92 Å². The molecule has 0 aliphatic carbocycles. The number of aryl methyl sites for hydroxylation is 1. The van der Waals surface area contributed by atoms with E-state index in [4.69, 9.17) is 0 Å². The highest BCUT2D eigenvalue weighted by molar-refractivity contribution is 7.17. The van der Waals surface area contributed by atoms with E-state index in [0.717, 1.165) is 20.6 Å². The van der Waals surface area contributed by atoms with Crippen LogP contribution in [0.3, 0.4) is 0 Å². The van der Waals surface area contributed by atoms with Crippen molar-refractivity contribution in [2.75, 3.05) is 0 Å². The first-order valence-corrected chi connectivity index (χ1v) is 4.76. The maximum atomic E-state index is 12.4. The summed E-state index contributed by atoms with van der Waals surface area (Å²) in [5.41, 5.74) is -1.56. The maximum Gasteiger partial charge on any atom is 0.435 e. The third kappa shape index (κ3) is 1.52. The monoisotopic (exact) mass is 234 g/mol. The minimum Gasteiger partial charge on any atom is -0.296 e. The minimum absolute atomic E-state index is 0.176. The highest BCUT2D eigenvalue weighted by atomic mass is 32.1. The van der Waals surface area contributed by atoms with Crippen LogP contribution in [-0.4, -0.2) is 15.7 Å². The summed E-state index contributed by atoms with van der Waals surface area (Å²) in [5, 5.41) is 0. The Bertz CT molecular complexity index is 526. The summed E-state index contributed by atoms with van der Waals surface area (Å²) in [6.45, 7) is 1.74. The number of hydrogen-bond donors (Lipinski definition) is 0. The molecular weight excluding hydrogens is 229 g/mol. The zero-order valence-corrected chi connectivity index (χ0v) is 8.32. The Morgan fingerprint density at radius 2 is 2.20 bits per heavy atom. The smallest absolute Gasteiger partial charge is 0.296 e. The molecule has 0 aliphatic heterocycles. The van der Waals surface area contributed by atoms with E-state index < -0.39 is 17.6 Å². The van der Waals surface area contributed by atoms with Crippen molar-refractivity contribution in [2.45, 2.75) is 13.1 Å². The number of alkyl halides is 3. The van der Waals surface area contributed by atoms with Crippen molar-refractivity contribution >= 4 is 22.6 Å². The van der Waals surface area contributed by atoms with E-state index in [0.29, 0.717) is 0 Å². The number of imidazole rings is 1. The second-order valence-corrected chi connectivity index (χ2v) is 4.17. The van der Waals surface area contributed by atoms with Gasteiger partial charge in [0.15, 0.2) is 16.9 Å². The molecule has 0 aliphatic rings. The summed E-state index contributed by atoms with van der Waals surface area (Å²) in [6, 6.07) is 0. The van der Waals surface area contributed by atoms with Gasteiger partial charge in [-0.05, 0) is 6.92 Å². The van der Waals surface area contributed by atoms with Gasteiger partial charge in [-0.2, -0.15) is 13.2 Å². The number of aldehydes is 1. The lowest BCUT2D eigenvalue weighted by Crippen LogP contribution is -2.09. The van der Waals surface area contributed by atoms with Crippen molar-refractivity contribution in [3.05, 3.63) is 22.5 Å². The Kier molecular flexibility index (Phi) is 2.07. The van der Waals surface area contributed by atoms with Crippen LogP contribution in [-0.2, 0) is 6.18 Å². The van der Waals surface area contributed by atoms with Crippen molar-refractivity contribution in [1.29, 1.82) is 0 Å². The van der Waals surface area contributed by atoms with Gasteiger partial charge in [0.2, 0.25) is 0 Å². The van der Waals surface area contributed by atoms with Crippen molar-refractivity contribution in [3.8, 4) is 0 Å². The minimum atomic E-state index is -4.59. The Labute approximate surface area is 86.2 Å². The number of thiazole rings is 1. The second kappa shape index (κ2) is 3.06. The van der Waals surface area contributed by atoms with Gasteiger partial charge in [0.05, 0.1) is 0 Å². The molecule has 0 unspecified atom stereocenters. The van der Waals surface area contributed by atoms with Gasteiger partial charge >= 0.3 is 6.18 Å². The molecule has 80 valence electrons. The Balaban J connectivity index is 2.77. The fraction of sp³-hybridized carbons (Fsp3) is 0.250. The maximum absolute atomic E-state index is 12.4. The standard InChI is InChI=1S/C8H5F3N2OS/c1-4-2-13-5(3-14)6(8(9,10)11)12-7(13)15-4/h2-3H,1H3. The van der Waals surface area contributed by atoms with Crippen molar-refractivity contribution in [1.82, 2.24) is 9.38 Å². The fourth-order valence-electron chi connectivity index (χ4n) is 1.29. The van der Waals surface area contributed by atoms with E-state index in [1.54, 1.807) is 6.92 Å². The zero-order valence-electron chi connectivity index (χ0n) is 7.50. The van der Waals surface area contributed by atoms with Gasteiger partial charge in [-0.3, -0.25) is 9.20 Å². The van der Waals surface area contributed by atoms with Crippen LogP contribution in [0.15, 0.2) is 6.20 Å². The molecule has 0 fully saturated rings. The molecule has 7 heteroatoms. The Morgan fingerprint density at radius 1 is 1.53 bits per heavy atom. The molecule has 3 nitrogen and oxygen atoms in total. The van der Waals surface area contributed by atoms with Gasteiger partial charge < -0.3 is 0 Å². The topological polar surface area (TPSA) is 34.4 Å². The lowest BCUT2D eigenvalue weighted by molar-refractivity contribution is -0.141. The number of nitrogens with zero attached hydrogens (tertiary/aromatic N) is 2. The first-order chi connectivity index (χ1) is 6.93. The zero-order chi connectivity index (χ0) is 11.2. The van der Waals surface area contributed by atoms with Crippen LogP contribution in [0.4, 0.5) is 13.2 Å². The molecule has 0 bridgehead atoms. The molecule has 2 heterocycles. The number of halogens is 3. The molecule has 0 atom stereocenters. The first kappa shape index (κ1) is 10.2. The average Bonchev–Trinajstić information content (AvgIpc) is 2.58. The summed E-state index contributed by atoms with van der Waals surface area (Å²) < 4.78 is 38.4. The SMILES string of the molecule is Cc1cn2c(C=O)c(C(F)(F)F)nc2s1. The Morgan fingerprint density at radius 3 is 2.73 bits per heavy atom. The van der Waals surface area contributed by atoms with Gasteiger partial charge in [-0.25, -0.2) is 4.98 Å². The number of carbonyl (C=O) groups is 1. The summed E-state index contributed by atoms with van der Waals surface area (Å²) in [4.78, 5) is 15.0. The van der Waals surface area contributed by atoms with Crippen LogP contribution in [0.1, 0.15) is 21.1 Å². The molecule has 0 aromatic carbocycles. The molecule has 0 saturated heterocycles. The van der Waals surface area contributed by atoms with Crippen molar-refractivity contribution in [2.24, 2.45) is 0 Å². The van der Waals surface area contributed by atoms with E-state index in [-0.39, 0.29) is 11.2 Å². The van der Waals surface area contributed by atoms with E-state index in [1.807, 2.05) is 0 Å². The molecule has 2 aromatic heterocycles. The van der Waals surface area contributed by atoms with E-state index in [9.17, 15) is 18.0 Å². The number of rotatable bonds is 1. The van der Waals surface area contributed by atoms with Crippen LogP contribution >= 0.6 is 11.3 Å². The van der Waals surface area contributed by atoms with E-state index in [2.05, 4.69) is 4.98 Å². The van der Waals surface area contributed by atoms with Gasteiger partial charge in [-0.15, -0.1) is 11.3 Å². The van der Waals surface area contributed by atoms with Gasteiger partial charge in [0, 0.05) is 11.1 Å². The highest BCUT2D eigenvalue weighted by Gasteiger charge is 2.38. The lowest BCUT2D eigenvalue weighted by Gasteiger charge is -2.01. The summed E-state index contributed by atoms with van der Waals surface area (Å²) in [5.74, 6) is 0. The molecule has 0 spiro atoms. The van der Waals surface area contributed by atoms with Crippen LogP contribution in [0.5, 0.6) is 0 Å². The number of carbonyl (C=O) groups excluding carboxylic acids is 1.